The molecule has 0 aliphatic heterocycles. The predicted molar refractivity (Wildman–Crippen MR) is 165 cm³/mol. The van der Waals surface area contributed by atoms with Crippen molar-refractivity contribution in [1.82, 2.24) is 5.32 Å². The van der Waals surface area contributed by atoms with E-state index < -0.39 is 11.5 Å². The summed E-state index contributed by atoms with van der Waals surface area (Å²) in [7, 11) is 0. The fourth-order valence-corrected chi connectivity index (χ4v) is 7.88. The van der Waals surface area contributed by atoms with Crippen LogP contribution in [0.25, 0.3) is 11.0 Å². The molecular weight excluding hydrogens is 528 g/mol. The molecule has 3 N–H and O–H groups in total. The molecule has 0 unspecified atom stereocenters. The Morgan fingerprint density at radius 1 is 1.07 bits per heavy atom. The summed E-state index contributed by atoms with van der Waals surface area (Å²) >= 11 is 0. The lowest BCUT2D eigenvalue weighted by atomic mass is 9.53. The Balaban J connectivity index is 1.07. The van der Waals surface area contributed by atoms with Crippen LogP contribution in [0.1, 0.15) is 80.3 Å². The number of fused-ring (bicyclic) bond motifs is 1. The summed E-state index contributed by atoms with van der Waals surface area (Å²) in [5, 5.41) is 17.5. The van der Waals surface area contributed by atoms with Crippen LogP contribution in [0.3, 0.4) is 0 Å². The molecule has 4 bridgehead atoms. The number of anilines is 1. The van der Waals surface area contributed by atoms with Crippen LogP contribution in [0, 0.1) is 24.7 Å². The smallest absolute Gasteiger partial charge is 0.360 e. The summed E-state index contributed by atoms with van der Waals surface area (Å²) in [5.41, 5.74) is 3.12. The van der Waals surface area contributed by atoms with Crippen LogP contribution in [-0.2, 0) is 6.42 Å². The first-order valence-corrected chi connectivity index (χ1v) is 15.4. The molecule has 7 rings (SSSR count). The van der Waals surface area contributed by atoms with E-state index in [0.717, 1.165) is 41.9 Å². The molecule has 4 aliphatic rings. The average molecular weight is 571 g/mol. The van der Waals surface area contributed by atoms with E-state index >= 15 is 0 Å². The summed E-state index contributed by atoms with van der Waals surface area (Å²) in [6, 6.07) is 10.0. The van der Waals surface area contributed by atoms with E-state index in [4.69, 9.17) is 9.15 Å². The Kier molecular flexibility index (Phi) is 7.88. The topological polar surface area (TPSA) is 101 Å². The minimum absolute atomic E-state index is 0.0650. The summed E-state index contributed by atoms with van der Waals surface area (Å²) in [6.07, 6.45) is 11.8. The van der Waals surface area contributed by atoms with E-state index in [9.17, 15) is 14.7 Å². The van der Waals surface area contributed by atoms with Gasteiger partial charge in [0.05, 0.1) is 6.61 Å². The van der Waals surface area contributed by atoms with Gasteiger partial charge in [-0.25, -0.2) is 4.79 Å². The third-order valence-corrected chi connectivity index (χ3v) is 9.54. The second kappa shape index (κ2) is 11.6. The predicted octanol–water partition coefficient (Wildman–Crippen LogP) is 6.90. The van der Waals surface area contributed by atoms with Crippen molar-refractivity contribution >= 4 is 22.6 Å². The Morgan fingerprint density at radius 3 is 2.48 bits per heavy atom. The van der Waals surface area contributed by atoms with E-state index in [1.807, 2.05) is 39.0 Å². The number of nitrogens with one attached hydrogen (secondary N) is 2. The zero-order chi connectivity index (χ0) is 29.4. The minimum Gasteiger partial charge on any atom is -0.508 e. The van der Waals surface area contributed by atoms with Crippen LogP contribution in [0.15, 0.2) is 57.3 Å². The van der Waals surface area contributed by atoms with Crippen LogP contribution in [0.2, 0.25) is 0 Å². The largest absolute Gasteiger partial charge is 0.508 e. The number of hydrogen-bond donors (Lipinski definition) is 3. The highest BCUT2D eigenvalue weighted by Crippen LogP contribution is 2.55. The highest BCUT2D eigenvalue weighted by molar-refractivity contribution is 6.05. The van der Waals surface area contributed by atoms with Crippen LogP contribution >= 0.6 is 0 Å². The van der Waals surface area contributed by atoms with E-state index in [1.165, 1.54) is 50.7 Å². The van der Waals surface area contributed by atoms with Crippen molar-refractivity contribution < 1.29 is 19.1 Å². The number of allylic oxidation sites excluding steroid dienone is 2. The normalized spacial score (nSPS) is 24.1. The standard InChI is InChI=1S/C35H42N2O5/c1-21(2)5-6-26-16-28(7-9-30(26)38)33(39)37-29-17-27-8-10-31(22(3)32(27)42-34(29)40)41-12-4-11-36-35-18-23-13-24(19-35)15-25(14-23)20-35/h5,7-10,16-17,23-25,36,38H,4,6,11-15,18-20H2,1-3H3,(H,37,39). The average Bonchev–Trinajstić information content (AvgIpc) is 2.93. The molecule has 222 valence electrons. The molecule has 4 saturated carbocycles. The van der Waals surface area contributed by atoms with E-state index in [0.29, 0.717) is 46.4 Å². The molecule has 2 aromatic carbocycles. The zero-order valence-corrected chi connectivity index (χ0v) is 24.9. The van der Waals surface area contributed by atoms with Crippen molar-refractivity contribution in [1.29, 1.82) is 0 Å². The number of carbonyl (C=O) groups is 1. The second-order valence-electron chi connectivity index (χ2n) is 13.2. The van der Waals surface area contributed by atoms with Crippen molar-refractivity contribution in [3.63, 3.8) is 0 Å². The summed E-state index contributed by atoms with van der Waals surface area (Å²) < 4.78 is 11.8. The monoisotopic (exact) mass is 570 g/mol. The fraction of sp³-hybridized carbons (Fsp3) is 0.486. The number of phenolic OH excluding ortho intramolecular Hbond substituents is 1. The van der Waals surface area contributed by atoms with Crippen molar-refractivity contribution in [2.45, 2.75) is 77.7 Å². The number of amides is 1. The Morgan fingerprint density at radius 2 is 1.79 bits per heavy atom. The third-order valence-electron chi connectivity index (χ3n) is 9.54. The van der Waals surface area contributed by atoms with E-state index in [2.05, 4.69) is 10.6 Å². The van der Waals surface area contributed by atoms with Gasteiger partial charge in [0.15, 0.2) is 0 Å². The number of aryl methyl sites for hydroxylation is 1. The van der Waals surface area contributed by atoms with Crippen LogP contribution in [-0.4, -0.2) is 29.7 Å². The Labute approximate surface area is 247 Å². The van der Waals surface area contributed by atoms with Gasteiger partial charge in [0, 0.05) is 22.1 Å². The van der Waals surface area contributed by atoms with Gasteiger partial charge in [-0.2, -0.15) is 0 Å². The lowest BCUT2D eigenvalue weighted by Crippen LogP contribution is -2.58. The van der Waals surface area contributed by atoms with Gasteiger partial charge in [0.1, 0.15) is 22.8 Å². The number of carbonyl (C=O) groups excluding carboxylic acids is 1. The first kappa shape index (κ1) is 28.5. The molecule has 7 heteroatoms. The van der Waals surface area contributed by atoms with E-state index in [1.54, 1.807) is 12.1 Å². The van der Waals surface area contributed by atoms with Gasteiger partial charge in [-0.05, 0) is 138 Å². The Hall–Kier alpha value is -3.58. The molecule has 3 aromatic rings. The van der Waals surface area contributed by atoms with Crippen molar-refractivity contribution in [2.24, 2.45) is 17.8 Å². The molecule has 1 heterocycles. The summed E-state index contributed by atoms with van der Waals surface area (Å²) in [5.74, 6) is 3.18. The Bertz CT molecular complexity index is 1550. The summed E-state index contributed by atoms with van der Waals surface area (Å²) in [4.78, 5) is 25.8. The molecule has 0 atom stereocenters. The number of benzene rings is 2. The SMILES string of the molecule is CC(C)=CCc1cc(C(=O)Nc2cc3ccc(OCCCNC45CC6CC(CC(C6)C4)C5)c(C)c3oc2=O)ccc1O. The summed E-state index contributed by atoms with van der Waals surface area (Å²) in [6.45, 7) is 7.38. The number of phenols is 1. The molecular formula is C35H42N2O5. The molecule has 1 aromatic heterocycles. The third kappa shape index (κ3) is 5.98. The quantitative estimate of drug-likeness (QED) is 0.139. The van der Waals surface area contributed by atoms with Gasteiger partial charge in [0.25, 0.3) is 5.91 Å². The maximum atomic E-state index is 13.0. The van der Waals surface area contributed by atoms with E-state index in [-0.39, 0.29) is 11.4 Å². The number of aromatic hydroxyl groups is 1. The molecule has 0 radical (unpaired) electrons. The van der Waals surface area contributed by atoms with Crippen molar-refractivity contribution in [3.05, 3.63) is 75.2 Å². The molecule has 4 fully saturated rings. The maximum Gasteiger partial charge on any atom is 0.360 e. The lowest BCUT2D eigenvalue weighted by molar-refractivity contribution is -0.0198. The fourth-order valence-electron chi connectivity index (χ4n) is 7.88. The maximum absolute atomic E-state index is 13.0. The van der Waals surface area contributed by atoms with Crippen LogP contribution < -0.4 is 21.0 Å². The number of hydrogen-bond acceptors (Lipinski definition) is 6. The van der Waals surface area contributed by atoms with Crippen molar-refractivity contribution in [3.8, 4) is 11.5 Å². The molecule has 7 nitrogen and oxygen atoms in total. The van der Waals surface area contributed by atoms with Crippen LogP contribution in [0.4, 0.5) is 5.69 Å². The molecule has 42 heavy (non-hydrogen) atoms. The van der Waals surface area contributed by atoms with Crippen molar-refractivity contribution in [2.75, 3.05) is 18.5 Å². The lowest BCUT2D eigenvalue weighted by Gasteiger charge is -2.57. The molecule has 4 aliphatic carbocycles. The highest BCUT2D eigenvalue weighted by atomic mass is 16.5. The van der Waals surface area contributed by atoms with Gasteiger partial charge in [-0.15, -0.1) is 0 Å². The first-order valence-electron chi connectivity index (χ1n) is 15.4. The number of ether oxygens (including phenoxy) is 1. The van der Waals surface area contributed by atoms with Gasteiger partial charge in [-0.1, -0.05) is 11.6 Å². The van der Waals surface area contributed by atoms with Gasteiger partial charge < -0.3 is 24.9 Å². The highest BCUT2D eigenvalue weighted by Gasteiger charge is 2.50. The minimum atomic E-state index is -0.626. The van der Waals surface area contributed by atoms with Gasteiger partial charge in [-0.3, -0.25) is 4.79 Å². The first-order chi connectivity index (χ1) is 20.2. The second-order valence-corrected chi connectivity index (χ2v) is 13.2. The molecule has 0 spiro atoms. The van der Waals surface area contributed by atoms with Crippen LogP contribution in [0.5, 0.6) is 11.5 Å². The zero-order valence-electron chi connectivity index (χ0n) is 24.9. The molecule has 1 amide bonds. The number of rotatable bonds is 10. The van der Waals surface area contributed by atoms with Gasteiger partial charge in [0.2, 0.25) is 0 Å². The van der Waals surface area contributed by atoms with Gasteiger partial charge >= 0.3 is 5.63 Å². The molecule has 0 saturated heterocycles.